The number of nitrogens with one attached hydrogen (secondary N) is 2. The van der Waals surface area contributed by atoms with E-state index in [1.165, 1.54) is 30.5 Å². The summed E-state index contributed by atoms with van der Waals surface area (Å²) in [7, 11) is 0. The summed E-state index contributed by atoms with van der Waals surface area (Å²) < 4.78 is 41.5. The van der Waals surface area contributed by atoms with E-state index >= 15 is 0 Å². The summed E-state index contributed by atoms with van der Waals surface area (Å²) in [5.41, 5.74) is 8.59. The van der Waals surface area contributed by atoms with E-state index in [0.717, 1.165) is 9.13 Å². The molecule has 0 bridgehead atoms. The molecule has 212 valence electrons. The molecular weight excluding hydrogens is 683 g/mol. The molecule has 1 aliphatic rings. The van der Waals surface area contributed by atoms with Crippen LogP contribution in [0, 0.1) is 8.98 Å². The second kappa shape index (κ2) is 12.7. The Bertz CT molecular complexity index is 1440. The molecule has 2 heterocycles. The number of amides is 2. The van der Waals surface area contributed by atoms with Crippen LogP contribution >= 0.6 is 43.0 Å². The first-order valence-electron chi connectivity index (χ1n) is 11.7. The Labute approximate surface area is 245 Å². The van der Waals surface area contributed by atoms with E-state index < -0.39 is 50.5 Å². The number of aliphatic hydroxyl groups is 1. The van der Waals surface area contributed by atoms with Gasteiger partial charge in [-0.1, -0.05) is 11.6 Å². The molecule has 0 radical (unpaired) electrons. The van der Waals surface area contributed by atoms with Crippen molar-refractivity contribution in [2.75, 3.05) is 23.4 Å². The van der Waals surface area contributed by atoms with Gasteiger partial charge in [-0.05, 0) is 0 Å². The quantitative estimate of drug-likeness (QED) is 0.0843. The molecule has 4 rings (SSSR count). The molecule has 5 N–H and O–H groups in total. The number of pyridine rings is 1. The zero-order chi connectivity index (χ0) is 29.0. The number of anilines is 1. The number of nitrogen functional groups attached to an aromatic ring is 1. The normalized spacial score (nSPS) is 14.7. The van der Waals surface area contributed by atoms with Crippen LogP contribution in [0.15, 0.2) is 65.8 Å². The van der Waals surface area contributed by atoms with Gasteiger partial charge in [-0.2, -0.15) is 0 Å². The topological polar surface area (TPSA) is 128 Å². The average Bonchev–Trinajstić information content (AvgIpc) is 2.91. The number of aliphatic imine (C=N–C) groups is 1. The fourth-order valence-corrected chi connectivity index (χ4v) is 10.1. The predicted molar refractivity (Wildman–Crippen MR) is 158 cm³/mol. The van der Waals surface area contributed by atoms with Gasteiger partial charge in [-0.3, -0.25) is 0 Å². The van der Waals surface area contributed by atoms with Crippen molar-refractivity contribution in [3.05, 3.63) is 91.1 Å². The molecule has 14 heteroatoms. The SMILES string of the molecule is N=C(c1ccc(Cl)cc1)N(C[C@H](O)C(F)(F)F)C(=O)NCC1=NCI(Cc2ccccc2Cl)c2c1ccnc2N. The second-order valence-corrected chi connectivity index (χ2v) is 14.6. The predicted octanol–water partition coefficient (Wildman–Crippen LogP) is 5.57. The summed E-state index contributed by atoms with van der Waals surface area (Å²) in [5.74, 6) is -0.169. The average molecular weight is 707 g/mol. The molecule has 1 aliphatic heterocycles. The first kappa shape index (κ1) is 30.0. The number of nitrogens with two attached hydrogens (primary N) is 1. The van der Waals surface area contributed by atoms with E-state index in [-0.39, 0.29) is 12.1 Å². The Balaban J connectivity index is 1.55. The van der Waals surface area contributed by atoms with Crippen LogP contribution in [0.1, 0.15) is 16.7 Å². The van der Waals surface area contributed by atoms with Crippen molar-refractivity contribution in [3.8, 4) is 0 Å². The zero-order valence-electron chi connectivity index (χ0n) is 20.7. The molecule has 3 aromatic rings. The van der Waals surface area contributed by atoms with Gasteiger partial charge in [-0.25, -0.2) is 0 Å². The van der Waals surface area contributed by atoms with E-state index in [2.05, 4.69) is 10.3 Å². The van der Waals surface area contributed by atoms with Gasteiger partial charge >= 0.3 is 235 Å². The first-order chi connectivity index (χ1) is 19.0. The number of halogens is 6. The Kier molecular flexibility index (Phi) is 9.54. The molecular formula is C26H24Cl2F3IN6O2. The zero-order valence-corrected chi connectivity index (χ0v) is 24.4. The Hall–Kier alpha value is -2.94. The molecule has 0 spiro atoms. The maximum absolute atomic E-state index is 13.2. The number of amidine groups is 1. The summed E-state index contributed by atoms with van der Waals surface area (Å²) in [6.07, 6.45) is -6.32. The number of carbonyl (C=O) groups is 1. The summed E-state index contributed by atoms with van der Waals surface area (Å²) in [6.45, 7) is -1.32. The Morgan fingerprint density at radius 3 is 2.55 bits per heavy atom. The standard InChI is InChI=1S/C26H24Cl2F3IN6O2/c27-17-7-5-15(6-8-17)24(34)38(13-21(39)26(29,30)31)25(40)36-12-20-18-9-10-35-23(33)22(18)32(14-37-20)11-16-3-1-2-4-19(16)28/h1-10,21,34,39H,11-14H2,(H2,33,35)(H,36,40)/t21-/m0/s1. The van der Waals surface area contributed by atoms with Gasteiger partial charge in [-0.15, -0.1) is 0 Å². The number of hydrogen-bond acceptors (Lipinski definition) is 6. The molecule has 40 heavy (non-hydrogen) atoms. The van der Waals surface area contributed by atoms with E-state index in [4.69, 9.17) is 39.3 Å². The molecule has 0 saturated heterocycles. The molecule has 2 amide bonds. The number of fused-ring (bicyclic) bond motifs is 1. The third-order valence-electron chi connectivity index (χ3n) is 5.93. The number of aromatic nitrogens is 1. The van der Waals surface area contributed by atoms with Crippen LogP contribution in [0.5, 0.6) is 0 Å². The molecule has 0 fully saturated rings. The molecule has 2 aromatic carbocycles. The monoisotopic (exact) mass is 706 g/mol. The van der Waals surface area contributed by atoms with Crippen LogP contribution in [0.3, 0.4) is 0 Å². The minimum atomic E-state index is -4.99. The summed E-state index contributed by atoms with van der Waals surface area (Å²) >= 11 is 10.2. The van der Waals surface area contributed by atoms with E-state index in [1.807, 2.05) is 24.3 Å². The first-order valence-corrected chi connectivity index (χ1v) is 16.6. The van der Waals surface area contributed by atoms with Crippen LogP contribution in [0.25, 0.3) is 0 Å². The third-order valence-corrected chi connectivity index (χ3v) is 12.1. The van der Waals surface area contributed by atoms with E-state index in [9.17, 15) is 23.1 Å². The van der Waals surface area contributed by atoms with Gasteiger partial charge in [0.2, 0.25) is 0 Å². The number of hydrogen-bond donors (Lipinski definition) is 4. The van der Waals surface area contributed by atoms with Crippen LogP contribution in [-0.2, 0) is 4.43 Å². The van der Waals surface area contributed by atoms with Gasteiger partial charge < -0.3 is 0 Å². The molecule has 0 saturated carbocycles. The van der Waals surface area contributed by atoms with Gasteiger partial charge in [0.25, 0.3) is 0 Å². The summed E-state index contributed by atoms with van der Waals surface area (Å²) in [5, 5.41) is 21.6. The minimum absolute atomic E-state index is 0.141. The maximum atomic E-state index is 13.2. The van der Waals surface area contributed by atoms with Crippen LogP contribution < -0.4 is 11.1 Å². The van der Waals surface area contributed by atoms with Crippen LogP contribution in [-0.4, -0.2) is 62.5 Å². The number of alkyl halides is 5. The van der Waals surface area contributed by atoms with E-state index in [0.29, 0.717) is 41.0 Å². The number of nitrogens with zero attached hydrogens (tertiary/aromatic N) is 3. The van der Waals surface area contributed by atoms with Gasteiger partial charge in [0.1, 0.15) is 0 Å². The van der Waals surface area contributed by atoms with Crippen LogP contribution in [0.2, 0.25) is 10.0 Å². The summed E-state index contributed by atoms with van der Waals surface area (Å²) in [4.78, 5) is 22.6. The Morgan fingerprint density at radius 1 is 1.18 bits per heavy atom. The molecule has 1 aromatic heterocycles. The van der Waals surface area contributed by atoms with Crippen molar-refractivity contribution in [1.29, 1.82) is 5.41 Å². The van der Waals surface area contributed by atoms with Crippen molar-refractivity contribution in [2.24, 2.45) is 4.99 Å². The third kappa shape index (κ3) is 7.03. The fourth-order valence-electron chi connectivity index (χ4n) is 3.86. The molecule has 0 aliphatic carbocycles. The number of benzene rings is 2. The van der Waals surface area contributed by atoms with Crippen molar-refractivity contribution >= 4 is 66.4 Å². The fraction of sp³-hybridized carbons (Fsp3) is 0.231. The van der Waals surface area contributed by atoms with E-state index in [1.54, 1.807) is 6.07 Å². The number of aliphatic hydroxyl groups excluding tert-OH is 1. The van der Waals surface area contributed by atoms with Gasteiger partial charge in [0.05, 0.1) is 0 Å². The molecule has 8 nitrogen and oxygen atoms in total. The van der Waals surface area contributed by atoms with Gasteiger partial charge in [0, 0.05) is 0 Å². The number of carbonyl (C=O) groups excluding carboxylic acids is 1. The van der Waals surface area contributed by atoms with Crippen LogP contribution in [0.4, 0.5) is 23.8 Å². The van der Waals surface area contributed by atoms with Crippen molar-refractivity contribution in [3.63, 3.8) is 0 Å². The molecule has 0 unspecified atom stereocenters. The van der Waals surface area contributed by atoms with Crippen molar-refractivity contribution < 1.29 is 23.1 Å². The number of urea groups is 1. The summed E-state index contributed by atoms with van der Waals surface area (Å²) in [6, 6.07) is 13.9. The second-order valence-electron chi connectivity index (χ2n) is 8.65. The Morgan fingerprint density at radius 2 is 1.88 bits per heavy atom. The van der Waals surface area contributed by atoms with Crippen molar-refractivity contribution in [2.45, 2.75) is 16.7 Å². The molecule has 1 atom stereocenters. The van der Waals surface area contributed by atoms with Gasteiger partial charge in [0.15, 0.2) is 0 Å². The number of rotatable bonds is 7. The van der Waals surface area contributed by atoms with Crippen molar-refractivity contribution in [1.82, 2.24) is 15.2 Å².